The first-order valence-corrected chi connectivity index (χ1v) is 9.11. The highest BCUT2D eigenvalue weighted by atomic mass is 19.1. The molecule has 0 amide bonds. The first-order chi connectivity index (χ1) is 14.6. The summed E-state index contributed by atoms with van der Waals surface area (Å²) < 4.78 is 24.2. The molecule has 30 heavy (non-hydrogen) atoms. The zero-order valence-corrected chi connectivity index (χ0v) is 16.3. The number of nitrogen functional groups attached to an aromatic ring is 1. The lowest BCUT2D eigenvalue weighted by atomic mass is 10.2. The third kappa shape index (κ3) is 3.75. The first-order valence-electron chi connectivity index (χ1n) is 9.11. The summed E-state index contributed by atoms with van der Waals surface area (Å²) in [7, 11) is 1.47. The molecule has 2 aromatic carbocycles. The van der Waals surface area contributed by atoms with Crippen molar-refractivity contribution in [3.63, 3.8) is 0 Å². The van der Waals surface area contributed by atoms with E-state index in [0.29, 0.717) is 23.8 Å². The lowest BCUT2D eigenvalue weighted by molar-refractivity contribution is 0.404. The molecule has 152 valence electrons. The lowest BCUT2D eigenvalue weighted by Gasteiger charge is -2.20. The highest BCUT2D eigenvalue weighted by Crippen LogP contribution is 2.31. The van der Waals surface area contributed by atoms with Crippen molar-refractivity contribution in [2.45, 2.75) is 6.92 Å². The number of anilines is 3. The van der Waals surface area contributed by atoms with Crippen LogP contribution in [0.2, 0.25) is 0 Å². The van der Waals surface area contributed by atoms with Crippen molar-refractivity contribution in [2.75, 3.05) is 24.3 Å². The molecule has 0 aliphatic carbocycles. The monoisotopic (exact) mass is 407 g/mol. The Hall–Kier alpha value is -4.08. The fourth-order valence-electron chi connectivity index (χ4n) is 2.92. The van der Waals surface area contributed by atoms with Gasteiger partial charge < -0.3 is 19.9 Å². The highest BCUT2D eigenvalue weighted by molar-refractivity contribution is 5.65. The van der Waals surface area contributed by atoms with Crippen molar-refractivity contribution in [1.29, 1.82) is 0 Å². The Balaban J connectivity index is 1.74. The highest BCUT2D eigenvalue weighted by Gasteiger charge is 2.20. The van der Waals surface area contributed by atoms with Crippen LogP contribution in [0.4, 0.5) is 22.0 Å². The molecule has 0 aliphatic rings. The van der Waals surface area contributed by atoms with Crippen LogP contribution in [0.1, 0.15) is 6.92 Å². The van der Waals surface area contributed by atoms with Crippen molar-refractivity contribution < 1.29 is 13.7 Å². The van der Waals surface area contributed by atoms with Gasteiger partial charge in [-0.25, -0.2) is 4.39 Å². The van der Waals surface area contributed by atoms with Gasteiger partial charge in [0.1, 0.15) is 11.6 Å². The summed E-state index contributed by atoms with van der Waals surface area (Å²) in [6.07, 6.45) is 0. The van der Waals surface area contributed by atoms with Gasteiger partial charge in [0, 0.05) is 12.2 Å². The molecular formula is C20H18FN7O2. The molecule has 9 nitrogen and oxygen atoms in total. The van der Waals surface area contributed by atoms with Gasteiger partial charge in [-0.3, -0.25) is 0 Å². The van der Waals surface area contributed by atoms with Gasteiger partial charge in [0.25, 0.3) is 5.89 Å². The van der Waals surface area contributed by atoms with E-state index >= 15 is 0 Å². The first kappa shape index (κ1) is 19.2. The van der Waals surface area contributed by atoms with Crippen molar-refractivity contribution in [2.24, 2.45) is 0 Å². The van der Waals surface area contributed by atoms with Crippen LogP contribution in [0.15, 0.2) is 53.1 Å². The van der Waals surface area contributed by atoms with E-state index in [4.69, 9.17) is 15.0 Å². The normalized spacial score (nSPS) is 10.8. The van der Waals surface area contributed by atoms with E-state index in [1.165, 1.54) is 25.3 Å². The molecular weight excluding hydrogens is 389 g/mol. The minimum Gasteiger partial charge on any atom is -0.496 e. The zero-order valence-electron chi connectivity index (χ0n) is 16.3. The number of methoxy groups -OCH3 is 1. The summed E-state index contributed by atoms with van der Waals surface area (Å²) in [6, 6.07) is 13.6. The number of rotatable bonds is 6. The number of aromatic nitrogens is 5. The van der Waals surface area contributed by atoms with Gasteiger partial charge in [0.15, 0.2) is 0 Å². The smallest absolute Gasteiger partial charge is 0.262 e. The number of halogens is 1. The van der Waals surface area contributed by atoms with E-state index in [2.05, 4.69) is 25.1 Å². The van der Waals surface area contributed by atoms with Crippen LogP contribution in [0, 0.1) is 5.82 Å². The Morgan fingerprint density at radius 2 is 1.83 bits per heavy atom. The molecule has 2 N–H and O–H groups in total. The quantitative estimate of drug-likeness (QED) is 0.513. The Kier molecular flexibility index (Phi) is 5.21. The van der Waals surface area contributed by atoms with Gasteiger partial charge >= 0.3 is 0 Å². The van der Waals surface area contributed by atoms with Gasteiger partial charge in [-0.15, -0.1) is 0 Å². The van der Waals surface area contributed by atoms with Gasteiger partial charge in [-0.05, 0) is 37.3 Å². The van der Waals surface area contributed by atoms with Crippen LogP contribution in [0.25, 0.3) is 23.1 Å². The summed E-state index contributed by atoms with van der Waals surface area (Å²) in [4.78, 5) is 19.0. The van der Waals surface area contributed by atoms with Crippen LogP contribution < -0.4 is 15.4 Å². The maximum Gasteiger partial charge on any atom is 0.262 e. The summed E-state index contributed by atoms with van der Waals surface area (Å²) in [5, 5.41) is 3.92. The van der Waals surface area contributed by atoms with Crippen LogP contribution >= 0.6 is 0 Å². The van der Waals surface area contributed by atoms with Gasteiger partial charge in [-0.2, -0.15) is 19.9 Å². The second-order valence-electron chi connectivity index (χ2n) is 6.16. The average molecular weight is 407 g/mol. The van der Waals surface area contributed by atoms with E-state index in [9.17, 15) is 4.39 Å². The second kappa shape index (κ2) is 8.11. The van der Waals surface area contributed by atoms with Crippen LogP contribution in [0.5, 0.6) is 5.75 Å². The number of hydrogen-bond acceptors (Lipinski definition) is 9. The number of nitrogens with two attached hydrogens (primary N) is 1. The summed E-state index contributed by atoms with van der Waals surface area (Å²) in [5.74, 6) is 0.590. The predicted octanol–water partition coefficient (Wildman–Crippen LogP) is 3.48. The van der Waals surface area contributed by atoms with Crippen LogP contribution in [-0.2, 0) is 0 Å². The van der Waals surface area contributed by atoms with Gasteiger partial charge in [0.2, 0.25) is 23.5 Å². The number of benzene rings is 2. The fourth-order valence-corrected chi connectivity index (χ4v) is 2.92. The molecule has 0 aliphatic heterocycles. The lowest BCUT2D eigenvalue weighted by Crippen LogP contribution is -2.20. The molecule has 0 spiro atoms. The topological polar surface area (TPSA) is 116 Å². The molecule has 0 saturated heterocycles. The molecule has 2 aromatic heterocycles. The van der Waals surface area contributed by atoms with E-state index in [1.54, 1.807) is 0 Å². The fraction of sp³-hybridized carbons (Fsp3) is 0.150. The molecule has 0 fully saturated rings. The second-order valence-corrected chi connectivity index (χ2v) is 6.16. The molecule has 0 bridgehead atoms. The van der Waals surface area contributed by atoms with E-state index in [-0.39, 0.29) is 23.5 Å². The van der Waals surface area contributed by atoms with Crippen molar-refractivity contribution in [1.82, 2.24) is 25.1 Å². The van der Waals surface area contributed by atoms with Crippen molar-refractivity contribution in [3.8, 4) is 28.9 Å². The van der Waals surface area contributed by atoms with Crippen molar-refractivity contribution in [3.05, 3.63) is 54.3 Å². The third-order valence-corrected chi connectivity index (χ3v) is 4.28. The summed E-state index contributed by atoms with van der Waals surface area (Å²) in [6.45, 7) is 2.57. The minimum atomic E-state index is -0.460. The molecule has 0 unspecified atom stereocenters. The molecule has 4 rings (SSSR count). The molecule has 2 heterocycles. The maximum absolute atomic E-state index is 13.7. The van der Waals surface area contributed by atoms with E-state index in [0.717, 1.165) is 5.69 Å². The summed E-state index contributed by atoms with van der Waals surface area (Å²) >= 11 is 0. The zero-order chi connectivity index (χ0) is 21.1. The molecule has 10 heteroatoms. The Morgan fingerprint density at radius 1 is 1.03 bits per heavy atom. The number of ether oxygens (including phenoxy) is 1. The van der Waals surface area contributed by atoms with Crippen LogP contribution in [0.3, 0.4) is 0 Å². The Morgan fingerprint density at radius 3 is 2.57 bits per heavy atom. The molecule has 0 radical (unpaired) electrons. The van der Waals surface area contributed by atoms with E-state index in [1.807, 2.05) is 42.2 Å². The minimum absolute atomic E-state index is 0.0130. The van der Waals surface area contributed by atoms with Gasteiger partial charge in [0.05, 0.1) is 12.7 Å². The van der Waals surface area contributed by atoms with E-state index < -0.39 is 5.82 Å². The number of hydrogen-bond donors (Lipinski definition) is 1. The van der Waals surface area contributed by atoms with Crippen LogP contribution in [-0.4, -0.2) is 38.7 Å². The van der Waals surface area contributed by atoms with Gasteiger partial charge in [-0.1, -0.05) is 23.4 Å². The molecule has 0 atom stereocenters. The Labute approximate surface area is 171 Å². The SMILES string of the molecule is CCN(c1ccccc1)c1nc(N)nc(-c2noc(-c3cc(F)ccc3OC)n2)n1. The third-order valence-electron chi connectivity index (χ3n) is 4.28. The number of para-hydroxylation sites is 1. The maximum atomic E-state index is 13.7. The average Bonchev–Trinajstić information content (AvgIpc) is 3.25. The standard InChI is InChI=1S/C20H18FN7O2/c1-3-28(13-7-5-4-6-8-13)20-25-16(24-19(22)26-20)17-23-18(30-27-17)14-11-12(21)9-10-15(14)29-2/h4-11H,3H2,1-2H3,(H2,22,24,25,26). The molecule has 4 aromatic rings. The summed E-state index contributed by atoms with van der Waals surface area (Å²) in [5.41, 5.74) is 7.12. The number of nitrogens with zero attached hydrogens (tertiary/aromatic N) is 6. The molecule has 0 saturated carbocycles. The largest absolute Gasteiger partial charge is 0.496 e. The van der Waals surface area contributed by atoms with Crippen molar-refractivity contribution >= 4 is 17.6 Å². The predicted molar refractivity (Wildman–Crippen MR) is 109 cm³/mol. The Bertz CT molecular complexity index is 1170.